The second kappa shape index (κ2) is 6.56. The molecule has 0 bridgehead atoms. The zero-order valence-electron chi connectivity index (χ0n) is 11.8. The summed E-state index contributed by atoms with van der Waals surface area (Å²) in [6, 6.07) is 6.80. The standard InChI is InChI=1S/C16H22BrNO/c1-3-6-13-7-4-5-10-18(13)14-8-9-15(12(2)19)16(17)11-14/h8-9,11,13H,3-7,10H2,1-2H3. The molecule has 1 aliphatic heterocycles. The Hall–Kier alpha value is -0.830. The highest BCUT2D eigenvalue weighted by Crippen LogP contribution is 2.30. The molecule has 3 heteroatoms. The highest BCUT2D eigenvalue weighted by atomic mass is 79.9. The Balaban J connectivity index is 2.24. The van der Waals surface area contributed by atoms with Crippen molar-refractivity contribution in [1.82, 2.24) is 0 Å². The molecule has 1 fully saturated rings. The fraction of sp³-hybridized carbons (Fsp3) is 0.562. The number of nitrogens with zero attached hydrogens (tertiary/aromatic N) is 1. The summed E-state index contributed by atoms with van der Waals surface area (Å²) in [4.78, 5) is 14.0. The molecular formula is C16H22BrNO. The van der Waals surface area contributed by atoms with Crippen molar-refractivity contribution < 1.29 is 4.79 Å². The minimum absolute atomic E-state index is 0.113. The van der Waals surface area contributed by atoms with E-state index in [9.17, 15) is 4.79 Å². The SMILES string of the molecule is CCCC1CCCCN1c1ccc(C(C)=O)c(Br)c1. The highest BCUT2D eigenvalue weighted by molar-refractivity contribution is 9.10. The van der Waals surface area contributed by atoms with Crippen LogP contribution in [0.2, 0.25) is 0 Å². The summed E-state index contributed by atoms with van der Waals surface area (Å²) >= 11 is 3.53. The third-order valence-electron chi connectivity index (χ3n) is 3.91. The van der Waals surface area contributed by atoms with Crippen molar-refractivity contribution >= 4 is 27.4 Å². The molecular weight excluding hydrogens is 302 g/mol. The first-order valence-corrected chi connectivity index (χ1v) is 8.00. The van der Waals surface area contributed by atoms with Crippen LogP contribution in [0.15, 0.2) is 22.7 Å². The maximum absolute atomic E-state index is 11.5. The second-order valence-electron chi connectivity index (χ2n) is 5.35. The lowest BCUT2D eigenvalue weighted by atomic mass is 9.97. The van der Waals surface area contributed by atoms with Gasteiger partial charge in [0.25, 0.3) is 0 Å². The van der Waals surface area contributed by atoms with Gasteiger partial charge >= 0.3 is 0 Å². The van der Waals surface area contributed by atoms with Crippen LogP contribution < -0.4 is 4.90 Å². The number of rotatable bonds is 4. The molecule has 1 heterocycles. The topological polar surface area (TPSA) is 20.3 Å². The van der Waals surface area contributed by atoms with E-state index in [0.29, 0.717) is 6.04 Å². The lowest BCUT2D eigenvalue weighted by Crippen LogP contribution is -2.39. The van der Waals surface area contributed by atoms with Gasteiger partial charge in [0.2, 0.25) is 0 Å². The number of carbonyl (C=O) groups excluding carboxylic acids is 1. The maximum Gasteiger partial charge on any atom is 0.160 e. The Morgan fingerprint density at radius 1 is 1.42 bits per heavy atom. The van der Waals surface area contributed by atoms with Crippen LogP contribution in [0.25, 0.3) is 0 Å². The van der Waals surface area contributed by atoms with Crippen molar-refractivity contribution in [2.75, 3.05) is 11.4 Å². The minimum atomic E-state index is 0.113. The number of hydrogen-bond acceptors (Lipinski definition) is 2. The molecule has 1 aromatic carbocycles. The zero-order chi connectivity index (χ0) is 13.8. The van der Waals surface area contributed by atoms with Crippen LogP contribution in [-0.2, 0) is 0 Å². The molecule has 19 heavy (non-hydrogen) atoms. The Kier molecular flexibility index (Phi) is 5.03. The van der Waals surface area contributed by atoms with Gasteiger partial charge in [0.05, 0.1) is 0 Å². The molecule has 2 rings (SSSR count). The number of anilines is 1. The molecule has 0 aromatic heterocycles. The van der Waals surface area contributed by atoms with Crippen molar-refractivity contribution in [1.29, 1.82) is 0 Å². The first kappa shape index (κ1) is 14.6. The third kappa shape index (κ3) is 3.38. The number of Topliss-reactive ketones (excluding diaryl/α,β-unsaturated/α-hetero) is 1. The Morgan fingerprint density at radius 3 is 2.84 bits per heavy atom. The van der Waals surface area contributed by atoms with Crippen molar-refractivity contribution in [2.45, 2.75) is 52.0 Å². The van der Waals surface area contributed by atoms with E-state index in [-0.39, 0.29) is 5.78 Å². The number of ketones is 1. The minimum Gasteiger partial charge on any atom is -0.369 e. The quantitative estimate of drug-likeness (QED) is 0.741. The average Bonchev–Trinajstić information content (AvgIpc) is 2.39. The van der Waals surface area contributed by atoms with Crippen molar-refractivity contribution in [2.24, 2.45) is 0 Å². The lowest BCUT2D eigenvalue weighted by Gasteiger charge is -2.38. The molecule has 0 aliphatic carbocycles. The molecule has 0 radical (unpaired) electrons. The van der Waals surface area contributed by atoms with E-state index in [1.54, 1.807) is 6.92 Å². The van der Waals surface area contributed by atoms with Crippen molar-refractivity contribution in [3.63, 3.8) is 0 Å². The summed E-state index contributed by atoms with van der Waals surface area (Å²) < 4.78 is 0.915. The van der Waals surface area contributed by atoms with E-state index in [2.05, 4.69) is 39.9 Å². The first-order valence-electron chi connectivity index (χ1n) is 7.20. The number of piperidine rings is 1. The van der Waals surface area contributed by atoms with Crippen LogP contribution in [-0.4, -0.2) is 18.4 Å². The van der Waals surface area contributed by atoms with Crippen LogP contribution in [0.1, 0.15) is 56.3 Å². The molecule has 0 N–H and O–H groups in total. The van der Waals surface area contributed by atoms with E-state index in [0.717, 1.165) is 16.6 Å². The molecule has 104 valence electrons. The maximum atomic E-state index is 11.5. The van der Waals surface area contributed by atoms with Crippen molar-refractivity contribution in [3.8, 4) is 0 Å². The molecule has 0 saturated carbocycles. The summed E-state index contributed by atoms with van der Waals surface area (Å²) in [5.41, 5.74) is 2.02. The van der Waals surface area contributed by atoms with Crippen LogP contribution in [0.4, 0.5) is 5.69 Å². The largest absolute Gasteiger partial charge is 0.369 e. The Labute approximate surface area is 124 Å². The number of hydrogen-bond donors (Lipinski definition) is 0. The smallest absolute Gasteiger partial charge is 0.160 e. The van der Waals surface area contributed by atoms with Gasteiger partial charge in [-0.25, -0.2) is 0 Å². The van der Waals surface area contributed by atoms with Crippen LogP contribution in [0.3, 0.4) is 0 Å². The number of benzene rings is 1. The monoisotopic (exact) mass is 323 g/mol. The normalized spacial score (nSPS) is 19.5. The Bertz CT molecular complexity index is 456. The average molecular weight is 324 g/mol. The van der Waals surface area contributed by atoms with E-state index in [1.807, 2.05) is 6.07 Å². The van der Waals surface area contributed by atoms with E-state index in [4.69, 9.17) is 0 Å². The van der Waals surface area contributed by atoms with E-state index >= 15 is 0 Å². The van der Waals surface area contributed by atoms with Gasteiger partial charge < -0.3 is 4.90 Å². The van der Waals surface area contributed by atoms with Gasteiger partial charge in [-0.2, -0.15) is 0 Å². The van der Waals surface area contributed by atoms with Gasteiger partial charge in [-0.05, 0) is 66.7 Å². The van der Waals surface area contributed by atoms with Gasteiger partial charge in [-0.3, -0.25) is 4.79 Å². The van der Waals surface area contributed by atoms with Gasteiger partial charge in [-0.1, -0.05) is 13.3 Å². The van der Waals surface area contributed by atoms with Gasteiger partial charge in [-0.15, -0.1) is 0 Å². The summed E-state index contributed by atoms with van der Waals surface area (Å²) in [6.07, 6.45) is 6.39. The highest BCUT2D eigenvalue weighted by Gasteiger charge is 2.22. The van der Waals surface area contributed by atoms with Gasteiger partial charge in [0, 0.05) is 28.3 Å². The van der Waals surface area contributed by atoms with Gasteiger partial charge in [0.1, 0.15) is 0 Å². The molecule has 0 amide bonds. The number of carbonyl (C=O) groups is 1. The molecule has 1 unspecified atom stereocenters. The van der Waals surface area contributed by atoms with Crippen LogP contribution in [0.5, 0.6) is 0 Å². The van der Waals surface area contributed by atoms with Crippen LogP contribution in [0, 0.1) is 0 Å². The van der Waals surface area contributed by atoms with E-state index < -0.39 is 0 Å². The van der Waals surface area contributed by atoms with Gasteiger partial charge in [0.15, 0.2) is 5.78 Å². The fourth-order valence-corrected chi connectivity index (χ4v) is 3.59. The lowest BCUT2D eigenvalue weighted by molar-refractivity contribution is 0.101. The summed E-state index contributed by atoms with van der Waals surface area (Å²) in [7, 11) is 0. The second-order valence-corrected chi connectivity index (χ2v) is 6.21. The fourth-order valence-electron chi connectivity index (χ4n) is 2.94. The third-order valence-corrected chi connectivity index (χ3v) is 4.57. The Morgan fingerprint density at radius 2 is 2.21 bits per heavy atom. The molecule has 1 atom stereocenters. The molecule has 1 aromatic rings. The molecule has 1 saturated heterocycles. The predicted molar refractivity (Wildman–Crippen MR) is 84.0 cm³/mol. The van der Waals surface area contributed by atoms with Crippen LogP contribution >= 0.6 is 15.9 Å². The summed E-state index contributed by atoms with van der Waals surface area (Å²) in [6.45, 7) is 5.00. The zero-order valence-corrected chi connectivity index (χ0v) is 13.4. The van der Waals surface area contributed by atoms with E-state index in [1.165, 1.54) is 37.8 Å². The number of halogens is 1. The van der Waals surface area contributed by atoms with Crippen molar-refractivity contribution in [3.05, 3.63) is 28.2 Å². The molecule has 1 aliphatic rings. The predicted octanol–water partition coefficient (Wildman–Crippen LogP) is 4.81. The molecule has 2 nitrogen and oxygen atoms in total. The summed E-state index contributed by atoms with van der Waals surface area (Å²) in [5.74, 6) is 0.113. The summed E-state index contributed by atoms with van der Waals surface area (Å²) in [5, 5.41) is 0. The first-order chi connectivity index (χ1) is 9.13. The molecule has 0 spiro atoms.